The zero-order valence-corrected chi connectivity index (χ0v) is 13.6. The first-order valence-corrected chi connectivity index (χ1v) is 7.72. The third-order valence-corrected chi connectivity index (χ3v) is 8.25. The number of methoxy groups -OCH3 is 2. The number of ether oxygens (including phenoxy) is 2. The summed E-state index contributed by atoms with van der Waals surface area (Å²) in [7, 11) is 2.51. The summed E-state index contributed by atoms with van der Waals surface area (Å²) < 4.78 is 9.58. The molecule has 8 heteroatoms. The summed E-state index contributed by atoms with van der Waals surface area (Å²) in [6, 6.07) is 0. The van der Waals surface area contributed by atoms with Gasteiger partial charge in [0.25, 0.3) is 0 Å². The number of hydrogen-bond donors (Lipinski definition) is 0. The largest absolute Gasteiger partial charge is 0.469 e. The molecule has 20 heavy (non-hydrogen) atoms. The molecule has 5 saturated carbocycles. The number of hydrogen-bond acceptors (Lipinski definition) is 4. The van der Waals surface area contributed by atoms with Gasteiger partial charge < -0.3 is 9.47 Å². The van der Waals surface area contributed by atoms with E-state index in [0.717, 1.165) is 0 Å². The Bertz CT molecular complexity index is 456. The lowest BCUT2D eigenvalue weighted by molar-refractivity contribution is -0.202. The maximum absolute atomic E-state index is 12.1. The van der Waals surface area contributed by atoms with Crippen molar-refractivity contribution in [3.8, 4) is 0 Å². The van der Waals surface area contributed by atoms with E-state index in [2.05, 4.69) is 0 Å². The highest BCUT2D eigenvalue weighted by atomic mass is 35.5. The van der Waals surface area contributed by atoms with Crippen molar-refractivity contribution >= 4 is 58.3 Å². The third kappa shape index (κ3) is 1.25. The van der Waals surface area contributed by atoms with Crippen LogP contribution in [0.1, 0.15) is 0 Å². The maximum Gasteiger partial charge on any atom is 0.309 e. The van der Waals surface area contributed by atoms with Crippen molar-refractivity contribution in [2.45, 2.75) is 20.5 Å². The van der Waals surface area contributed by atoms with E-state index in [1.807, 2.05) is 0 Å². The van der Waals surface area contributed by atoms with Gasteiger partial charge in [0.2, 0.25) is 0 Å². The van der Waals surface area contributed by atoms with Crippen molar-refractivity contribution < 1.29 is 19.1 Å². The summed E-state index contributed by atoms with van der Waals surface area (Å²) in [5, 5.41) is -1.04. The van der Waals surface area contributed by atoms with Crippen LogP contribution in [0, 0.1) is 23.7 Å². The van der Waals surface area contributed by atoms with Gasteiger partial charge in [-0.1, -0.05) is 0 Å². The lowest BCUT2D eigenvalue weighted by atomic mass is 9.34. The number of esters is 2. The molecule has 8 atom stereocenters. The van der Waals surface area contributed by atoms with Gasteiger partial charge in [-0.05, 0) is 0 Å². The van der Waals surface area contributed by atoms with Gasteiger partial charge in [-0.3, -0.25) is 9.59 Å². The molecule has 0 aromatic heterocycles. The van der Waals surface area contributed by atoms with Gasteiger partial charge >= 0.3 is 11.9 Å². The molecule has 0 aromatic rings. The molecule has 5 aliphatic carbocycles. The standard InChI is InChI=1S/C12H12Cl4O4/c1-19-9(17)3-4(10(18)20-2)6-8(14)11(15)5(3)7(13)12(6,11)16/h3-8H,1-2H3/t3-,4-,5-,6-,7-,8-,11-,12-/m0/s1. The first-order valence-electron chi connectivity index (χ1n) is 6.10. The highest BCUT2D eigenvalue weighted by Crippen LogP contribution is 2.81. The summed E-state index contributed by atoms with van der Waals surface area (Å²) in [6.07, 6.45) is 0. The number of carbonyl (C=O) groups excluding carboxylic acids is 2. The van der Waals surface area contributed by atoms with Crippen molar-refractivity contribution in [2.75, 3.05) is 14.2 Å². The molecule has 0 spiro atoms. The van der Waals surface area contributed by atoms with Crippen LogP contribution in [-0.4, -0.2) is 46.7 Å². The van der Waals surface area contributed by atoms with E-state index in [9.17, 15) is 9.59 Å². The Kier molecular flexibility index (Phi) is 3.24. The van der Waals surface area contributed by atoms with Crippen molar-refractivity contribution in [3.05, 3.63) is 0 Å². The van der Waals surface area contributed by atoms with Crippen molar-refractivity contribution in [2.24, 2.45) is 23.7 Å². The normalized spacial score (nSPS) is 55.3. The van der Waals surface area contributed by atoms with Gasteiger partial charge in [0.1, 0.15) is 0 Å². The van der Waals surface area contributed by atoms with Crippen molar-refractivity contribution in [1.82, 2.24) is 0 Å². The zero-order valence-electron chi connectivity index (χ0n) is 10.6. The molecule has 5 rings (SSSR count). The Hall–Kier alpha value is 0.1000. The van der Waals surface area contributed by atoms with Crippen LogP contribution in [0.15, 0.2) is 0 Å². The van der Waals surface area contributed by atoms with Gasteiger partial charge in [-0.25, -0.2) is 0 Å². The van der Waals surface area contributed by atoms with Crippen molar-refractivity contribution in [3.63, 3.8) is 0 Å². The van der Waals surface area contributed by atoms with Gasteiger partial charge in [0.15, 0.2) is 0 Å². The second-order valence-electron chi connectivity index (χ2n) is 5.49. The molecule has 0 heterocycles. The molecule has 112 valence electrons. The second kappa shape index (κ2) is 4.31. The molecular formula is C12H12Cl4O4. The average molecular weight is 362 g/mol. The quantitative estimate of drug-likeness (QED) is 0.557. The fourth-order valence-electron chi connectivity index (χ4n) is 4.25. The summed E-state index contributed by atoms with van der Waals surface area (Å²) in [4.78, 5) is 22.2. The highest BCUT2D eigenvalue weighted by molar-refractivity contribution is 6.49. The minimum atomic E-state index is -0.976. The first kappa shape index (κ1) is 15.0. The Morgan fingerprint density at radius 3 is 1.40 bits per heavy atom. The molecule has 0 radical (unpaired) electrons. The Labute approximate surface area is 135 Å². The van der Waals surface area contributed by atoms with Crippen LogP contribution in [0.3, 0.4) is 0 Å². The molecule has 0 aliphatic heterocycles. The fourth-order valence-corrected chi connectivity index (χ4v) is 7.14. The molecule has 4 bridgehead atoms. The molecular weight excluding hydrogens is 350 g/mol. The van der Waals surface area contributed by atoms with Crippen LogP contribution in [0.5, 0.6) is 0 Å². The van der Waals surface area contributed by atoms with E-state index >= 15 is 0 Å². The van der Waals surface area contributed by atoms with Crippen molar-refractivity contribution in [1.29, 1.82) is 0 Å². The van der Waals surface area contributed by atoms with Crippen LogP contribution in [0.4, 0.5) is 0 Å². The van der Waals surface area contributed by atoms with E-state index < -0.39 is 56.1 Å². The number of halogens is 4. The van der Waals surface area contributed by atoms with Crippen LogP contribution >= 0.6 is 46.4 Å². The predicted molar refractivity (Wildman–Crippen MR) is 74.4 cm³/mol. The minimum Gasteiger partial charge on any atom is -0.469 e. The average Bonchev–Trinajstić information content (AvgIpc) is 2.46. The molecule has 0 aromatic carbocycles. The van der Waals surface area contributed by atoms with Crippen LogP contribution in [-0.2, 0) is 19.1 Å². The number of carbonyl (C=O) groups is 2. The minimum absolute atomic E-state index is 0.507. The number of alkyl halides is 4. The zero-order chi connectivity index (χ0) is 15.0. The fraction of sp³-hybridized carbons (Fsp3) is 0.833. The summed E-state index contributed by atoms with van der Waals surface area (Å²) in [5.74, 6) is -3.62. The molecule has 5 aliphatic rings. The highest BCUT2D eigenvalue weighted by Gasteiger charge is 2.92. The first-order chi connectivity index (χ1) is 9.28. The Morgan fingerprint density at radius 2 is 1.15 bits per heavy atom. The van der Waals surface area contributed by atoms with E-state index in [1.165, 1.54) is 14.2 Å². The topological polar surface area (TPSA) is 52.6 Å². The van der Waals surface area contributed by atoms with E-state index in [0.29, 0.717) is 0 Å². The predicted octanol–water partition coefficient (Wildman–Crippen LogP) is 2.01. The molecule has 5 fully saturated rings. The lowest BCUT2D eigenvalue weighted by Gasteiger charge is -2.81. The van der Waals surface area contributed by atoms with Crippen LogP contribution in [0.25, 0.3) is 0 Å². The van der Waals surface area contributed by atoms with E-state index in [4.69, 9.17) is 55.9 Å². The Morgan fingerprint density at radius 1 is 0.850 bits per heavy atom. The van der Waals surface area contributed by atoms with E-state index in [-0.39, 0.29) is 0 Å². The summed E-state index contributed by atoms with van der Waals surface area (Å²) >= 11 is 25.7. The summed E-state index contributed by atoms with van der Waals surface area (Å²) in [5.41, 5.74) is 0. The lowest BCUT2D eigenvalue weighted by Crippen LogP contribution is -2.95. The maximum atomic E-state index is 12.1. The molecule has 4 nitrogen and oxygen atoms in total. The SMILES string of the molecule is COC(=O)[C@H]1[C@H](C(=O)OC)[C@H]2[C@H](Cl)[C@@]3(Cl)[C@@H]1[C@H](Cl)[C@@]23Cl. The van der Waals surface area contributed by atoms with Gasteiger partial charge in [-0.2, -0.15) is 0 Å². The monoisotopic (exact) mass is 360 g/mol. The smallest absolute Gasteiger partial charge is 0.309 e. The molecule has 0 unspecified atom stereocenters. The third-order valence-electron chi connectivity index (χ3n) is 5.10. The van der Waals surface area contributed by atoms with Crippen LogP contribution < -0.4 is 0 Å². The molecule has 0 N–H and O–H groups in total. The Balaban J connectivity index is 2.07. The van der Waals surface area contributed by atoms with Gasteiger partial charge in [0, 0.05) is 11.8 Å². The van der Waals surface area contributed by atoms with Crippen LogP contribution in [0.2, 0.25) is 0 Å². The molecule has 0 amide bonds. The second-order valence-corrected chi connectivity index (χ2v) is 7.68. The van der Waals surface area contributed by atoms with Gasteiger partial charge in [0.05, 0.1) is 46.6 Å². The summed E-state index contributed by atoms with van der Waals surface area (Å²) in [6.45, 7) is 0. The molecule has 0 saturated heterocycles. The van der Waals surface area contributed by atoms with Gasteiger partial charge in [-0.15, -0.1) is 46.4 Å². The van der Waals surface area contributed by atoms with E-state index in [1.54, 1.807) is 0 Å². The number of rotatable bonds is 2.